The minimum absolute atomic E-state index is 0.232. The first-order valence-electron chi connectivity index (χ1n) is 6.13. The fraction of sp³-hybridized carbons (Fsp3) is 0.118. The summed E-state index contributed by atoms with van der Waals surface area (Å²) in [7, 11) is 0. The molecule has 0 spiro atoms. The number of rotatable bonds is 4. The molecule has 0 aliphatic carbocycles. The van der Waals surface area contributed by atoms with Gasteiger partial charge in [0, 0.05) is 0 Å². The third kappa shape index (κ3) is 4.10. The van der Waals surface area contributed by atoms with E-state index in [0.29, 0.717) is 0 Å². The van der Waals surface area contributed by atoms with Gasteiger partial charge in [-0.1, -0.05) is 60.5 Å². The van der Waals surface area contributed by atoms with E-state index in [1.54, 1.807) is 0 Å². The first-order valence-corrected chi connectivity index (χ1v) is 7.37. The molecule has 2 aromatic rings. The van der Waals surface area contributed by atoms with Crippen LogP contribution >= 0.6 is 22.6 Å². The fourth-order valence-corrected chi connectivity index (χ4v) is 2.09. The molecule has 2 aromatic carbocycles. The number of carbonyl (C=O) groups is 1. The molecule has 0 heterocycles. The van der Waals surface area contributed by atoms with Crippen molar-refractivity contribution in [2.45, 2.75) is 10.5 Å². The van der Waals surface area contributed by atoms with Crippen molar-refractivity contribution in [2.24, 2.45) is 0 Å². The smallest absolute Gasteiger partial charge is 0.312 e. The highest BCUT2D eigenvalue weighted by Gasteiger charge is 2.09. The van der Waals surface area contributed by atoms with Gasteiger partial charge in [-0.15, -0.1) is 6.42 Å². The van der Waals surface area contributed by atoms with Gasteiger partial charge in [0.15, 0.2) is 0 Å². The maximum absolute atomic E-state index is 11.6. The van der Waals surface area contributed by atoms with Crippen molar-refractivity contribution >= 4 is 28.6 Å². The molecular formula is C17H13IO2. The molecule has 0 N–H and O–H groups in total. The standard InChI is InChI=1S/C17H13IO2/c1-2-16(18)20-17(19)12-13-8-10-15(11-9-13)14-6-4-3-5-7-14/h1,3-11,16H,12H2. The number of alkyl halides is 1. The lowest BCUT2D eigenvalue weighted by atomic mass is 10.0. The molecule has 1 atom stereocenters. The molecular weight excluding hydrogens is 363 g/mol. The number of ether oxygens (including phenoxy) is 1. The van der Waals surface area contributed by atoms with E-state index in [0.717, 1.165) is 16.7 Å². The average molecular weight is 376 g/mol. The number of esters is 1. The van der Waals surface area contributed by atoms with Crippen LogP contribution < -0.4 is 0 Å². The Morgan fingerprint density at radius 3 is 2.30 bits per heavy atom. The van der Waals surface area contributed by atoms with Crippen LogP contribution in [0.25, 0.3) is 11.1 Å². The second-order valence-corrected chi connectivity index (χ2v) is 5.34. The molecule has 0 aromatic heterocycles. The molecule has 3 heteroatoms. The van der Waals surface area contributed by atoms with Gasteiger partial charge in [0.05, 0.1) is 6.42 Å². The van der Waals surface area contributed by atoms with Crippen molar-refractivity contribution < 1.29 is 9.53 Å². The molecule has 0 amide bonds. The van der Waals surface area contributed by atoms with Gasteiger partial charge in [0.1, 0.15) is 0 Å². The first kappa shape index (κ1) is 14.6. The Balaban J connectivity index is 2.02. The summed E-state index contributed by atoms with van der Waals surface area (Å²) in [5, 5.41) is 0. The Bertz CT molecular complexity index is 612. The van der Waals surface area contributed by atoms with Crippen LogP contribution in [0.3, 0.4) is 0 Å². The van der Waals surface area contributed by atoms with Crippen LogP contribution in [0, 0.1) is 12.3 Å². The van der Waals surface area contributed by atoms with Gasteiger partial charge in [-0.05, 0) is 39.3 Å². The summed E-state index contributed by atoms with van der Waals surface area (Å²) in [6.45, 7) is 0. The van der Waals surface area contributed by atoms with Crippen LogP contribution in [0.15, 0.2) is 54.6 Å². The van der Waals surface area contributed by atoms with Crippen molar-refractivity contribution in [2.75, 3.05) is 0 Å². The summed E-state index contributed by atoms with van der Waals surface area (Å²) < 4.78 is 4.52. The van der Waals surface area contributed by atoms with Gasteiger partial charge >= 0.3 is 5.97 Å². The predicted molar refractivity (Wildman–Crippen MR) is 88.3 cm³/mol. The van der Waals surface area contributed by atoms with Crippen molar-refractivity contribution in [1.82, 2.24) is 0 Å². The van der Waals surface area contributed by atoms with E-state index in [1.807, 2.05) is 65.1 Å². The van der Waals surface area contributed by atoms with Crippen LogP contribution in [-0.2, 0) is 16.0 Å². The number of hydrogen-bond donors (Lipinski definition) is 0. The van der Waals surface area contributed by atoms with Crippen LogP contribution in [0.4, 0.5) is 0 Å². The van der Waals surface area contributed by atoms with Gasteiger partial charge in [0.2, 0.25) is 4.11 Å². The summed E-state index contributed by atoms with van der Waals surface area (Å²) in [6.07, 6.45) is 5.40. The predicted octanol–water partition coefficient (Wildman–Crippen LogP) is 3.83. The minimum Gasteiger partial charge on any atom is -0.439 e. The Morgan fingerprint density at radius 2 is 1.70 bits per heavy atom. The fourth-order valence-electron chi connectivity index (χ4n) is 1.80. The Kier molecular flexibility index (Phi) is 5.19. The summed E-state index contributed by atoms with van der Waals surface area (Å²) >= 11 is 1.90. The molecule has 2 rings (SSSR count). The summed E-state index contributed by atoms with van der Waals surface area (Å²) in [4.78, 5) is 11.6. The van der Waals surface area contributed by atoms with Gasteiger partial charge in [-0.25, -0.2) is 0 Å². The zero-order valence-electron chi connectivity index (χ0n) is 10.8. The lowest BCUT2D eigenvalue weighted by molar-refractivity contribution is -0.142. The van der Waals surface area contributed by atoms with Crippen LogP contribution in [0.5, 0.6) is 0 Å². The summed E-state index contributed by atoms with van der Waals surface area (Å²) in [6, 6.07) is 18.0. The Hall–Kier alpha value is -1.80. The molecule has 100 valence electrons. The van der Waals surface area contributed by atoms with Crippen molar-refractivity contribution in [3.8, 4) is 23.5 Å². The molecule has 0 aliphatic rings. The molecule has 0 radical (unpaired) electrons. The third-order valence-corrected chi connectivity index (χ3v) is 3.39. The van der Waals surface area contributed by atoms with E-state index in [1.165, 1.54) is 0 Å². The van der Waals surface area contributed by atoms with Crippen LogP contribution in [-0.4, -0.2) is 10.1 Å². The first-order chi connectivity index (χ1) is 9.69. The van der Waals surface area contributed by atoms with E-state index < -0.39 is 4.11 Å². The number of carbonyl (C=O) groups excluding carboxylic acids is 1. The van der Waals surface area contributed by atoms with Crippen LogP contribution in [0.1, 0.15) is 5.56 Å². The van der Waals surface area contributed by atoms with E-state index in [-0.39, 0.29) is 12.4 Å². The van der Waals surface area contributed by atoms with Gasteiger partial charge in [-0.2, -0.15) is 0 Å². The lowest BCUT2D eigenvalue weighted by Gasteiger charge is -2.07. The summed E-state index contributed by atoms with van der Waals surface area (Å²) in [5.41, 5.74) is 3.19. The number of benzene rings is 2. The maximum atomic E-state index is 11.6. The van der Waals surface area contributed by atoms with Gasteiger partial charge in [-0.3, -0.25) is 4.79 Å². The number of hydrogen-bond acceptors (Lipinski definition) is 2. The zero-order valence-corrected chi connectivity index (χ0v) is 12.9. The second kappa shape index (κ2) is 7.11. The van der Waals surface area contributed by atoms with Crippen molar-refractivity contribution in [3.05, 3.63) is 60.2 Å². The second-order valence-electron chi connectivity index (χ2n) is 4.21. The van der Waals surface area contributed by atoms with Crippen molar-refractivity contribution in [1.29, 1.82) is 0 Å². The van der Waals surface area contributed by atoms with Gasteiger partial charge in [0.25, 0.3) is 0 Å². The lowest BCUT2D eigenvalue weighted by Crippen LogP contribution is -2.12. The zero-order chi connectivity index (χ0) is 14.4. The van der Waals surface area contributed by atoms with Crippen molar-refractivity contribution in [3.63, 3.8) is 0 Å². The molecule has 1 unspecified atom stereocenters. The quantitative estimate of drug-likeness (QED) is 0.351. The molecule has 20 heavy (non-hydrogen) atoms. The average Bonchev–Trinajstić information content (AvgIpc) is 2.48. The minimum atomic E-state index is -0.510. The SMILES string of the molecule is C#CC(I)OC(=O)Cc1ccc(-c2ccccc2)cc1. The van der Waals surface area contributed by atoms with E-state index >= 15 is 0 Å². The molecule has 2 nitrogen and oxygen atoms in total. The molecule has 0 bridgehead atoms. The number of halogens is 1. The Labute approximate surface area is 132 Å². The highest BCUT2D eigenvalue weighted by Crippen LogP contribution is 2.19. The monoisotopic (exact) mass is 376 g/mol. The molecule has 0 aliphatic heterocycles. The third-order valence-electron chi connectivity index (χ3n) is 2.78. The highest BCUT2D eigenvalue weighted by atomic mass is 127. The van der Waals surface area contributed by atoms with E-state index in [9.17, 15) is 4.79 Å². The van der Waals surface area contributed by atoms with E-state index in [4.69, 9.17) is 11.2 Å². The molecule has 0 saturated carbocycles. The number of terminal acetylenes is 1. The van der Waals surface area contributed by atoms with Crippen LogP contribution in [0.2, 0.25) is 0 Å². The normalized spacial score (nSPS) is 11.4. The topological polar surface area (TPSA) is 26.3 Å². The largest absolute Gasteiger partial charge is 0.439 e. The highest BCUT2D eigenvalue weighted by molar-refractivity contribution is 14.1. The Morgan fingerprint density at radius 1 is 1.10 bits per heavy atom. The maximum Gasteiger partial charge on any atom is 0.312 e. The van der Waals surface area contributed by atoms with E-state index in [2.05, 4.69) is 18.1 Å². The van der Waals surface area contributed by atoms with Gasteiger partial charge < -0.3 is 4.74 Å². The molecule has 0 saturated heterocycles. The summed E-state index contributed by atoms with van der Waals surface area (Å²) in [5.74, 6) is 2.05. The molecule has 0 fully saturated rings.